The molecule has 1 fully saturated rings. The predicted molar refractivity (Wildman–Crippen MR) is 122 cm³/mol. The summed E-state index contributed by atoms with van der Waals surface area (Å²) in [6, 6.07) is 15.1. The van der Waals surface area contributed by atoms with Crippen molar-refractivity contribution in [1.29, 1.82) is 0 Å². The highest BCUT2D eigenvalue weighted by Crippen LogP contribution is 2.32. The lowest BCUT2D eigenvalue weighted by molar-refractivity contribution is 0.0224. The number of nitrogens with two attached hydrogens (primary N) is 1. The summed E-state index contributed by atoms with van der Waals surface area (Å²) < 4.78 is 5.54. The zero-order chi connectivity index (χ0) is 21.3. The molecule has 2 N–H and O–H groups in total. The molecule has 2 aromatic carbocycles. The van der Waals surface area contributed by atoms with Gasteiger partial charge in [-0.2, -0.15) is 0 Å². The van der Waals surface area contributed by atoms with Crippen molar-refractivity contribution < 1.29 is 9.53 Å². The number of anilines is 2. The number of carbonyl (C=O) groups excluding carboxylic acids is 1. The number of rotatable bonds is 2. The number of amides is 1. The Bertz CT molecular complexity index is 894. The number of carbonyl (C=O) groups is 1. The zero-order valence-electron chi connectivity index (χ0n) is 18.4. The topological polar surface area (TPSA) is 58.8 Å². The fraction of sp³-hybridized carbons (Fsp3) is 0.480. The van der Waals surface area contributed by atoms with Crippen molar-refractivity contribution in [1.82, 2.24) is 4.90 Å². The van der Waals surface area contributed by atoms with Crippen LogP contribution in [0.4, 0.5) is 16.2 Å². The summed E-state index contributed by atoms with van der Waals surface area (Å²) in [5.41, 5.74) is 11.5. The summed E-state index contributed by atoms with van der Waals surface area (Å²) in [6.07, 6.45) is 2.98. The summed E-state index contributed by atoms with van der Waals surface area (Å²) in [5, 5.41) is 0. The lowest BCUT2D eigenvalue weighted by Gasteiger charge is -2.35. The summed E-state index contributed by atoms with van der Waals surface area (Å²) in [4.78, 5) is 16.7. The number of benzene rings is 2. The Kier molecular flexibility index (Phi) is 5.63. The monoisotopic (exact) mass is 407 g/mol. The summed E-state index contributed by atoms with van der Waals surface area (Å²) in [6.45, 7) is 9.20. The van der Waals surface area contributed by atoms with Crippen LogP contribution in [-0.4, -0.2) is 36.2 Å². The Labute approximate surface area is 179 Å². The van der Waals surface area contributed by atoms with Crippen LogP contribution in [-0.2, 0) is 17.7 Å². The van der Waals surface area contributed by atoms with Gasteiger partial charge in [0.05, 0.1) is 0 Å². The molecule has 0 bridgehead atoms. The predicted octanol–water partition coefficient (Wildman–Crippen LogP) is 4.95. The number of hydrogen-bond donors (Lipinski definition) is 1. The minimum Gasteiger partial charge on any atom is -0.444 e. The van der Waals surface area contributed by atoms with E-state index in [1.54, 1.807) is 0 Å². The van der Waals surface area contributed by atoms with Crippen LogP contribution < -0.4 is 10.6 Å². The number of hydrogen-bond acceptors (Lipinski definition) is 4. The standard InChI is InChI=1S/C25H33N3O2/c1-25(2,3)30-24(29)28-15-12-20-16-23(9-6-21(20)17-28)27-13-10-19(11-14-27)18-4-7-22(26)8-5-18/h4-9,16,19H,10-15,17,26H2,1-3H3. The molecule has 1 amide bonds. The van der Waals surface area contributed by atoms with E-state index in [2.05, 4.69) is 35.2 Å². The average Bonchev–Trinajstić information content (AvgIpc) is 2.72. The zero-order valence-corrected chi connectivity index (χ0v) is 18.4. The van der Waals surface area contributed by atoms with Crippen molar-refractivity contribution in [2.45, 2.75) is 58.1 Å². The first-order chi connectivity index (χ1) is 14.3. The average molecular weight is 408 g/mol. The van der Waals surface area contributed by atoms with E-state index in [-0.39, 0.29) is 6.09 Å². The van der Waals surface area contributed by atoms with Gasteiger partial charge in [0, 0.05) is 37.6 Å². The number of nitrogen functional groups attached to an aromatic ring is 1. The number of ether oxygens (including phenoxy) is 1. The minimum atomic E-state index is -0.459. The molecule has 0 saturated carbocycles. The van der Waals surface area contributed by atoms with Crippen LogP contribution in [0.3, 0.4) is 0 Å². The van der Waals surface area contributed by atoms with Crippen molar-refractivity contribution in [3.05, 3.63) is 59.2 Å². The fourth-order valence-electron chi connectivity index (χ4n) is 4.46. The van der Waals surface area contributed by atoms with Crippen molar-refractivity contribution in [2.24, 2.45) is 0 Å². The van der Waals surface area contributed by atoms with Crippen molar-refractivity contribution >= 4 is 17.5 Å². The first-order valence-corrected chi connectivity index (χ1v) is 11.0. The van der Waals surface area contributed by atoms with Gasteiger partial charge in [0.1, 0.15) is 5.60 Å². The van der Waals surface area contributed by atoms with Crippen LogP contribution in [0.1, 0.15) is 56.2 Å². The minimum absolute atomic E-state index is 0.220. The van der Waals surface area contributed by atoms with Crippen LogP contribution in [0.2, 0.25) is 0 Å². The van der Waals surface area contributed by atoms with E-state index in [1.165, 1.54) is 22.4 Å². The van der Waals surface area contributed by atoms with Crippen LogP contribution in [0.5, 0.6) is 0 Å². The quantitative estimate of drug-likeness (QED) is 0.716. The molecule has 2 heterocycles. The van der Waals surface area contributed by atoms with Gasteiger partial charge in [-0.1, -0.05) is 18.2 Å². The number of fused-ring (bicyclic) bond motifs is 1. The van der Waals surface area contributed by atoms with Gasteiger partial charge < -0.3 is 20.3 Å². The molecule has 0 spiro atoms. The van der Waals surface area contributed by atoms with E-state index in [9.17, 15) is 4.79 Å². The van der Waals surface area contributed by atoms with E-state index >= 15 is 0 Å². The summed E-state index contributed by atoms with van der Waals surface area (Å²) in [7, 11) is 0. The molecule has 4 rings (SSSR count). The second kappa shape index (κ2) is 8.21. The maximum absolute atomic E-state index is 12.4. The summed E-state index contributed by atoms with van der Waals surface area (Å²) in [5.74, 6) is 0.613. The van der Waals surface area contributed by atoms with Crippen molar-refractivity contribution in [3.8, 4) is 0 Å². The Morgan fingerprint density at radius 2 is 1.70 bits per heavy atom. The third-order valence-electron chi connectivity index (χ3n) is 6.12. The molecular weight excluding hydrogens is 374 g/mol. The van der Waals surface area contributed by atoms with Crippen LogP contribution in [0, 0.1) is 0 Å². The molecule has 0 unspecified atom stereocenters. The maximum Gasteiger partial charge on any atom is 0.410 e. The van der Waals surface area contributed by atoms with Crippen molar-refractivity contribution in [3.63, 3.8) is 0 Å². The molecule has 0 atom stereocenters. The molecule has 5 nitrogen and oxygen atoms in total. The second-order valence-electron chi connectivity index (χ2n) is 9.53. The highest BCUT2D eigenvalue weighted by Gasteiger charge is 2.27. The van der Waals surface area contributed by atoms with Gasteiger partial charge in [-0.15, -0.1) is 0 Å². The Morgan fingerprint density at radius 3 is 2.37 bits per heavy atom. The van der Waals surface area contributed by atoms with Crippen LogP contribution >= 0.6 is 0 Å². The SMILES string of the molecule is CC(C)(C)OC(=O)N1CCc2cc(N3CCC(c4ccc(N)cc4)CC3)ccc2C1. The third kappa shape index (κ3) is 4.72. The first-order valence-electron chi connectivity index (χ1n) is 11.0. The molecule has 2 aliphatic rings. The largest absolute Gasteiger partial charge is 0.444 e. The smallest absolute Gasteiger partial charge is 0.410 e. The van der Waals surface area contributed by atoms with Crippen LogP contribution in [0.25, 0.3) is 0 Å². The molecule has 5 heteroatoms. The van der Waals surface area contributed by atoms with E-state index < -0.39 is 5.60 Å². The number of nitrogens with zero attached hydrogens (tertiary/aromatic N) is 2. The molecular formula is C25H33N3O2. The fourth-order valence-corrected chi connectivity index (χ4v) is 4.46. The molecule has 0 aliphatic carbocycles. The van der Waals surface area contributed by atoms with Gasteiger partial charge >= 0.3 is 6.09 Å². The van der Waals surface area contributed by atoms with E-state index in [4.69, 9.17) is 10.5 Å². The third-order valence-corrected chi connectivity index (χ3v) is 6.12. The molecule has 0 aromatic heterocycles. The van der Waals surface area contributed by atoms with Crippen molar-refractivity contribution in [2.75, 3.05) is 30.3 Å². The lowest BCUT2D eigenvalue weighted by atomic mass is 9.89. The Balaban J connectivity index is 1.37. The van der Waals surface area contributed by atoms with E-state index in [1.807, 2.05) is 37.8 Å². The highest BCUT2D eigenvalue weighted by atomic mass is 16.6. The Hall–Kier alpha value is -2.69. The van der Waals surface area contributed by atoms with Gasteiger partial charge in [-0.25, -0.2) is 4.79 Å². The molecule has 2 aliphatic heterocycles. The lowest BCUT2D eigenvalue weighted by Crippen LogP contribution is -2.40. The molecule has 0 radical (unpaired) electrons. The molecule has 1 saturated heterocycles. The molecule has 30 heavy (non-hydrogen) atoms. The Morgan fingerprint density at radius 1 is 1.00 bits per heavy atom. The first kappa shape index (κ1) is 20.6. The molecule has 160 valence electrons. The van der Waals surface area contributed by atoms with Gasteiger partial charge in [0.15, 0.2) is 0 Å². The summed E-state index contributed by atoms with van der Waals surface area (Å²) >= 11 is 0. The highest BCUT2D eigenvalue weighted by molar-refractivity contribution is 5.69. The second-order valence-corrected chi connectivity index (χ2v) is 9.53. The van der Waals surface area contributed by atoms with Gasteiger partial charge in [-0.3, -0.25) is 0 Å². The normalized spacial score (nSPS) is 17.6. The van der Waals surface area contributed by atoms with Crippen LogP contribution in [0.15, 0.2) is 42.5 Å². The van der Waals surface area contributed by atoms with Gasteiger partial charge in [0.25, 0.3) is 0 Å². The van der Waals surface area contributed by atoms with E-state index in [0.29, 0.717) is 19.0 Å². The maximum atomic E-state index is 12.4. The van der Waals surface area contributed by atoms with Gasteiger partial charge in [0.2, 0.25) is 0 Å². The van der Waals surface area contributed by atoms with Gasteiger partial charge in [-0.05, 0) is 86.9 Å². The van der Waals surface area contributed by atoms with E-state index in [0.717, 1.165) is 38.0 Å². The molecule has 2 aromatic rings. The number of piperidine rings is 1.